The maximum Gasteiger partial charge on any atom is 0.324 e. The lowest BCUT2D eigenvalue weighted by Gasteiger charge is -2.23. The van der Waals surface area contributed by atoms with Crippen molar-refractivity contribution in [3.8, 4) is 0 Å². The van der Waals surface area contributed by atoms with E-state index in [-0.39, 0.29) is 23.0 Å². The van der Waals surface area contributed by atoms with Crippen molar-refractivity contribution in [1.82, 2.24) is 9.21 Å². The number of carbonyl (C=O) groups is 2. The van der Waals surface area contributed by atoms with Crippen LogP contribution in [0.5, 0.6) is 0 Å². The van der Waals surface area contributed by atoms with Gasteiger partial charge in [-0.05, 0) is 32.0 Å². The van der Waals surface area contributed by atoms with Gasteiger partial charge in [0.05, 0.1) is 11.5 Å². The third-order valence-electron chi connectivity index (χ3n) is 3.34. The number of amides is 1. The first kappa shape index (κ1) is 19.1. The standard InChI is InChI=1S/C15H22N2O5S/c1-6-22-15(19)11(2)17(5)23(20,21)13-9-7-8-12(10-13)14(18)16(3)4/h7-11H,6H2,1-5H3/t11-/m1/s1. The highest BCUT2D eigenvalue weighted by Crippen LogP contribution is 2.19. The van der Waals surface area contributed by atoms with Crippen molar-refractivity contribution in [1.29, 1.82) is 0 Å². The van der Waals surface area contributed by atoms with Gasteiger partial charge < -0.3 is 9.64 Å². The van der Waals surface area contributed by atoms with Crippen LogP contribution in [0.25, 0.3) is 0 Å². The number of hydrogen-bond donors (Lipinski definition) is 0. The molecule has 1 rings (SSSR count). The topological polar surface area (TPSA) is 84.0 Å². The Morgan fingerprint density at radius 1 is 1.22 bits per heavy atom. The molecular weight excluding hydrogens is 320 g/mol. The van der Waals surface area contributed by atoms with Crippen LogP contribution in [0.2, 0.25) is 0 Å². The Bertz CT molecular complexity index is 685. The second-order valence-electron chi connectivity index (χ2n) is 5.18. The van der Waals surface area contributed by atoms with E-state index in [1.165, 1.54) is 43.1 Å². The molecule has 1 aromatic rings. The summed E-state index contributed by atoms with van der Waals surface area (Å²) < 4.78 is 31.0. The van der Waals surface area contributed by atoms with Crippen molar-refractivity contribution in [3.05, 3.63) is 29.8 Å². The van der Waals surface area contributed by atoms with Gasteiger partial charge in [-0.2, -0.15) is 4.31 Å². The monoisotopic (exact) mass is 342 g/mol. The molecule has 7 nitrogen and oxygen atoms in total. The molecule has 0 saturated heterocycles. The van der Waals surface area contributed by atoms with E-state index >= 15 is 0 Å². The molecule has 0 aliphatic carbocycles. The Kier molecular flexibility index (Phi) is 6.28. The Labute approximate surface area is 136 Å². The van der Waals surface area contributed by atoms with Gasteiger partial charge in [-0.3, -0.25) is 9.59 Å². The van der Waals surface area contributed by atoms with Gasteiger partial charge >= 0.3 is 5.97 Å². The van der Waals surface area contributed by atoms with E-state index < -0.39 is 22.0 Å². The molecule has 0 radical (unpaired) electrons. The first-order valence-corrected chi connectivity index (χ1v) is 8.53. The van der Waals surface area contributed by atoms with Crippen LogP contribution in [0.4, 0.5) is 0 Å². The van der Waals surface area contributed by atoms with E-state index in [0.717, 1.165) is 4.31 Å². The number of carbonyl (C=O) groups excluding carboxylic acids is 2. The minimum atomic E-state index is -3.92. The number of ether oxygens (including phenoxy) is 1. The van der Waals surface area contributed by atoms with Gasteiger partial charge in [0.1, 0.15) is 6.04 Å². The lowest BCUT2D eigenvalue weighted by Crippen LogP contribution is -2.41. The van der Waals surface area contributed by atoms with Crippen LogP contribution in [-0.2, 0) is 19.6 Å². The first-order valence-electron chi connectivity index (χ1n) is 7.09. The first-order chi connectivity index (χ1) is 10.6. The summed E-state index contributed by atoms with van der Waals surface area (Å²) in [6.07, 6.45) is 0. The summed E-state index contributed by atoms with van der Waals surface area (Å²) in [4.78, 5) is 25.0. The molecule has 0 N–H and O–H groups in total. The molecule has 0 heterocycles. The highest BCUT2D eigenvalue weighted by atomic mass is 32.2. The van der Waals surface area contributed by atoms with Gasteiger partial charge in [0.2, 0.25) is 10.0 Å². The van der Waals surface area contributed by atoms with Gasteiger partial charge in [0.15, 0.2) is 0 Å². The molecule has 0 spiro atoms. The molecule has 0 unspecified atom stereocenters. The number of sulfonamides is 1. The summed E-state index contributed by atoms with van der Waals surface area (Å²) in [6.45, 7) is 3.27. The Morgan fingerprint density at radius 3 is 2.35 bits per heavy atom. The Hall–Kier alpha value is -1.93. The van der Waals surface area contributed by atoms with E-state index in [0.29, 0.717) is 0 Å². The summed E-state index contributed by atoms with van der Waals surface area (Å²) in [6, 6.07) is 4.75. The Balaban J connectivity index is 3.16. The van der Waals surface area contributed by atoms with Crippen LogP contribution in [0.3, 0.4) is 0 Å². The van der Waals surface area contributed by atoms with Crippen LogP contribution in [-0.4, -0.2) is 63.3 Å². The van der Waals surface area contributed by atoms with Crippen LogP contribution in [0, 0.1) is 0 Å². The van der Waals surface area contributed by atoms with Gasteiger partial charge in [0.25, 0.3) is 5.91 Å². The summed E-state index contributed by atoms with van der Waals surface area (Å²) in [5, 5.41) is 0. The zero-order valence-electron chi connectivity index (χ0n) is 13.9. The molecule has 128 valence electrons. The average Bonchev–Trinajstić information content (AvgIpc) is 2.52. The second-order valence-corrected chi connectivity index (χ2v) is 7.17. The van der Waals surface area contributed by atoms with Crippen molar-refractivity contribution in [2.24, 2.45) is 0 Å². The maximum absolute atomic E-state index is 12.6. The molecule has 0 fully saturated rings. The Morgan fingerprint density at radius 2 is 1.83 bits per heavy atom. The molecule has 0 saturated carbocycles. The summed E-state index contributed by atoms with van der Waals surface area (Å²) >= 11 is 0. The number of nitrogens with zero attached hydrogens (tertiary/aromatic N) is 2. The average molecular weight is 342 g/mol. The quantitative estimate of drug-likeness (QED) is 0.719. The molecule has 0 aliphatic heterocycles. The van der Waals surface area contributed by atoms with Crippen LogP contribution < -0.4 is 0 Å². The third kappa shape index (κ3) is 4.29. The van der Waals surface area contributed by atoms with Gasteiger partial charge in [-0.15, -0.1) is 0 Å². The van der Waals surface area contributed by atoms with E-state index in [1.807, 2.05) is 0 Å². The van der Waals surface area contributed by atoms with Crippen molar-refractivity contribution in [3.63, 3.8) is 0 Å². The molecule has 23 heavy (non-hydrogen) atoms. The molecule has 1 atom stereocenters. The lowest BCUT2D eigenvalue weighted by atomic mass is 10.2. The molecular formula is C15H22N2O5S. The number of rotatable bonds is 6. The second kappa shape index (κ2) is 7.56. The predicted octanol–water partition coefficient (Wildman–Crippen LogP) is 0.961. The van der Waals surface area contributed by atoms with Crippen LogP contribution in [0.15, 0.2) is 29.2 Å². The predicted molar refractivity (Wildman–Crippen MR) is 85.5 cm³/mol. The minimum Gasteiger partial charge on any atom is -0.465 e. The summed E-state index contributed by atoms with van der Waals surface area (Å²) in [5.41, 5.74) is 0.258. The highest BCUT2D eigenvalue weighted by molar-refractivity contribution is 7.89. The van der Waals surface area contributed by atoms with E-state index in [2.05, 4.69) is 0 Å². The smallest absolute Gasteiger partial charge is 0.324 e. The van der Waals surface area contributed by atoms with Gasteiger partial charge in [-0.1, -0.05) is 6.07 Å². The summed E-state index contributed by atoms with van der Waals surface area (Å²) in [5.74, 6) is -0.928. The van der Waals surface area contributed by atoms with E-state index in [9.17, 15) is 18.0 Å². The van der Waals surface area contributed by atoms with Gasteiger partial charge in [-0.25, -0.2) is 8.42 Å². The molecule has 1 aromatic carbocycles. The minimum absolute atomic E-state index is 0.0520. The number of hydrogen-bond acceptors (Lipinski definition) is 5. The van der Waals surface area contributed by atoms with Crippen LogP contribution in [0.1, 0.15) is 24.2 Å². The fourth-order valence-corrected chi connectivity index (χ4v) is 3.19. The third-order valence-corrected chi connectivity index (χ3v) is 5.26. The molecule has 1 amide bonds. The number of likely N-dealkylation sites (N-methyl/N-ethyl adjacent to an activating group) is 1. The zero-order valence-corrected chi connectivity index (χ0v) is 14.8. The summed E-state index contributed by atoms with van der Waals surface area (Å²) in [7, 11) is 0.545. The largest absolute Gasteiger partial charge is 0.465 e. The van der Waals surface area contributed by atoms with Crippen molar-refractivity contribution < 1.29 is 22.7 Å². The maximum atomic E-state index is 12.6. The van der Waals surface area contributed by atoms with Crippen molar-refractivity contribution >= 4 is 21.9 Å². The lowest BCUT2D eigenvalue weighted by molar-refractivity contribution is -0.146. The van der Waals surface area contributed by atoms with Crippen LogP contribution >= 0.6 is 0 Å². The van der Waals surface area contributed by atoms with E-state index in [1.54, 1.807) is 21.0 Å². The number of esters is 1. The highest BCUT2D eigenvalue weighted by Gasteiger charge is 2.30. The molecule has 0 aliphatic rings. The fraction of sp³-hybridized carbons (Fsp3) is 0.467. The molecule has 8 heteroatoms. The van der Waals surface area contributed by atoms with Crippen molar-refractivity contribution in [2.75, 3.05) is 27.7 Å². The van der Waals surface area contributed by atoms with E-state index in [4.69, 9.17) is 4.74 Å². The zero-order chi connectivity index (χ0) is 17.8. The number of benzene rings is 1. The normalized spacial score (nSPS) is 12.8. The molecule has 0 bridgehead atoms. The van der Waals surface area contributed by atoms with Gasteiger partial charge in [0, 0.05) is 26.7 Å². The van der Waals surface area contributed by atoms with Crippen molar-refractivity contribution in [2.45, 2.75) is 24.8 Å². The molecule has 0 aromatic heterocycles. The SMILES string of the molecule is CCOC(=O)[C@@H](C)N(C)S(=O)(=O)c1cccc(C(=O)N(C)C)c1. The fourth-order valence-electron chi connectivity index (χ4n) is 1.83.